The van der Waals surface area contributed by atoms with Gasteiger partial charge in [0.25, 0.3) is 0 Å². The Labute approximate surface area is 197 Å². The molecule has 4 aliphatic carbocycles. The second-order valence-corrected chi connectivity index (χ2v) is 10.2. The molecule has 2 aromatic rings. The maximum absolute atomic E-state index is 14.1. The van der Waals surface area contributed by atoms with Gasteiger partial charge in [-0.3, -0.25) is 0 Å². The van der Waals surface area contributed by atoms with Crippen molar-refractivity contribution >= 4 is 0 Å². The van der Waals surface area contributed by atoms with Crippen molar-refractivity contribution in [2.45, 2.75) is 64.6 Å². The smallest absolute Gasteiger partial charge is 0.166 e. The number of hydrogen-bond acceptors (Lipinski definition) is 3. The summed E-state index contributed by atoms with van der Waals surface area (Å²) in [4.78, 5) is 0. The Bertz CT molecular complexity index is 898. The zero-order valence-corrected chi connectivity index (χ0v) is 19.8. The minimum absolute atomic E-state index is 0. The second kappa shape index (κ2) is 9.61. The largest absolute Gasteiger partial charge is 1.00 e. The lowest BCUT2D eigenvalue weighted by Gasteiger charge is -2.59. The van der Waals surface area contributed by atoms with Crippen molar-refractivity contribution in [1.82, 2.24) is 5.32 Å². The third kappa shape index (κ3) is 4.49. The molecular weight excluding hydrogens is 425 g/mol. The minimum atomic E-state index is -0.243. The molecule has 0 aliphatic heterocycles. The highest BCUT2D eigenvalue weighted by Gasteiger charge is 2.52. The van der Waals surface area contributed by atoms with Crippen LogP contribution < -0.4 is 27.2 Å². The van der Waals surface area contributed by atoms with Crippen LogP contribution in [-0.2, 0) is 13.2 Å². The molecule has 0 spiro atoms. The van der Waals surface area contributed by atoms with Crippen molar-refractivity contribution in [1.29, 1.82) is 0 Å². The van der Waals surface area contributed by atoms with Crippen molar-refractivity contribution in [3.8, 4) is 11.5 Å². The lowest BCUT2D eigenvalue weighted by molar-refractivity contribution is -0.0707. The molecule has 32 heavy (non-hydrogen) atoms. The molecule has 4 saturated carbocycles. The molecule has 5 heteroatoms. The maximum Gasteiger partial charge on any atom is 0.166 e. The molecule has 1 unspecified atom stereocenters. The number of benzene rings is 2. The summed E-state index contributed by atoms with van der Waals surface area (Å²) in [5, 5.41) is 3.85. The summed E-state index contributed by atoms with van der Waals surface area (Å²) < 4.78 is 25.7. The fourth-order valence-corrected chi connectivity index (χ4v) is 6.98. The van der Waals surface area contributed by atoms with Gasteiger partial charge in [0.2, 0.25) is 0 Å². The average molecular weight is 459 g/mol. The van der Waals surface area contributed by atoms with Crippen LogP contribution in [0.4, 0.5) is 4.39 Å². The van der Waals surface area contributed by atoms with Gasteiger partial charge >= 0.3 is 0 Å². The second-order valence-electron chi connectivity index (χ2n) is 10.2. The van der Waals surface area contributed by atoms with Gasteiger partial charge in [-0.25, -0.2) is 4.39 Å². The standard InChI is InChI=1S/C27H34FNO2.ClH/c1-18(27-13-19-10-20(14-27)12-21(11-19)15-27)29-16-22-7-5-9-25(30-2)26(22)31-17-23-6-3-4-8-24(23)28;/h3-9,18-21,29H,10-17H2,1-2H3;1H/p-1. The molecular formula is C27H34ClFNO2-. The normalized spacial score (nSPS) is 28.8. The molecule has 2 aromatic carbocycles. The summed E-state index contributed by atoms with van der Waals surface area (Å²) in [6, 6.07) is 13.2. The van der Waals surface area contributed by atoms with Gasteiger partial charge in [-0.15, -0.1) is 0 Å². The summed E-state index contributed by atoms with van der Waals surface area (Å²) in [6.45, 7) is 3.30. The molecule has 6 rings (SSSR count). The molecule has 3 nitrogen and oxygen atoms in total. The van der Waals surface area contributed by atoms with Gasteiger partial charge in [0.15, 0.2) is 11.5 Å². The fourth-order valence-electron chi connectivity index (χ4n) is 6.98. The van der Waals surface area contributed by atoms with Crippen LogP contribution in [0.2, 0.25) is 0 Å². The van der Waals surface area contributed by atoms with E-state index in [1.54, 1.807) is 19.2 Å². The molecule has 0 aromatic heterocycles. The van der Waals surface area contributed by atoms with Crippen molar-refractivity contribution in [3.05, 3.63) is 59.4 Å². The molecule has 0 heterocycles. The Balaban J connectivity index is 0.00000245. The van der Waals surface area contributed by atoms with Crippen LogP contribution in [0.25, 0.3) is 0 Å². The Kier molecular flexibility index (Phi) is 7.02. The molecule has 1 atom stereocenters. The highest BCUT2D eigenvalue weighted by Crippen LogP contribution is 2.61. The predicted molar refractivity (Wildman–Crippen MR) is 121 cm³/mol. The Hall–Kier alpha value is -1.78. The first kappa shape index (κ1) is 23.4. The highest BCUT2D eigenvalue weighted by atomic mass is 35.5. The fraction of sp³-hybridized carbons (Fsp3) is 0.556. The van der Waals surface area contributed by atoms with Gasteiger partial charge in [0.05, 0.1) is 7.11 Å². The van der Waals surface area contributed by atoms with Gasteiger partial charge < -0.3 is 27.2 Å². The van der Waals surface area contributed by atoms with E-state index >= 15 is 0 Å². The first-order chi connectivity index (χ1) is 15.1. The molecule has 174 valence electrons. The van der Waals surface area contributed by atoms with Gasteiger partial charge in [0, 0.05) is 23.7 Å². The summed E-state index contributed by atoms with van der Waals surface area (Å²) in [5.41, 5.74) is 2.07. The molecule has 4 fully saturated rings. The van der Waals surface area contributed by atoms with Gasteiger partial charge in [-0.1, -0.05) is 30.3 Å². The zero-order chi connectivity index (χ0) is 21.4. The topological polar surface area (TPSA) is 30.5 Å². The number of halogens is 2. The van der Waals surface area contributed by atoms with Crippen LogP contribution in [0.3, 0.4) is 0 Å². The van der Waals surface area contributed by atoms with E-state index in [1.807, 2.05) is 18.2 Å². The molecule has 0 saturated heterocycles. The number of ether oxygens (including phenoxy) is 2. The SMILES string of the molecule is COc1cccc(CNC(C)C23CC4CC(CC(C4)C2)C3)c1OCc1ccccc1F.[Cl-]. The lowest BCUT2D eigenvalue weighted by Crippen LogP contribution is -3.00. The quantitative estimate of drug-likeness (QED) is 0.659. The van der Waals surface area contributed by atoms with Crippen LogP contribution >= 0.6 is 0 Å². The van der Waals surface area contributed by atoms with E-state index in [0.717, 1.165) is 29.9 Å². The third-order valence-corrected chi connectivity index (χ3v) is 8.21. The summed E-state index contributed by atoms with van der Waals surface area (Å²) in [7, 11) is 1.65. The van der Waals surface area contributed by atoms with E-state index in [9.17, 15) is 4.39 Å². The van der Waals surface area contributed by atoms with E-state index in [-0.39, 0.29) is 24.8 Å². The first-order valence-corrected chi connectivity index (χ1v) is 11.8. The van der Waals surface area contributed by atoms with Gasteiger partial charge in [-0.2, -0.15) is 0 Å². The van der Waals surface area contributed by atoms with Crippen LogP contribution in [0.5, 0.6) is 11.5 Å². The number of rotatable bonds is 8. The third-order valence-electron chi connectivity index (χ3n) is 8.21. The molecule has 0 radical (unpaired) electrons. The van der Waals surface area contributed by atoms with E-state index in [4.69, 9.17) is 9.47 Å². The molecule has 1 N–H and O–H groups in total. The van der Waals surface area contributed by atoms with Crippen molar-refractivity contribution in [3.63, 3.8) is 0 Å². The monoisotopic (exact) mass is 458 g/mol. The number of nitrogens with one attached hydrogen (secondary N) is 1. The van der Waals surface area contributed by atoms with E-state index < -0.39 is 0 Å². The van der Waals surface area contributed by atoms with Crippen LogP contribution in [-0.4, -0.2) is 13.2 Å². The van der Waals surface area contributed by atoms with Gasteiger partial charge in [0.1, 0.15) is 12.4 Å². The number of para-hydroxylation sites is 1. The summed E-state index contributed by atoms with van der Waals surface area (Å²) in [5.74, 6) is 4.01. The van der Waals surface area contributed by atoms with Crippen molar-refractivity contribution in [2.24, 2.45) is 23.2 Å². The molecule has 4 aliphatic rings. The molecule has 4 bridgehead atoms. The maximum atomic E-state index is 14.1. The lowest BCUT2D eigenvalue weighted by atomic mass is 9.48. The number of hydrogen-bond donors (Lipinski definition) is 1. The summed E-state index contributed by atoms with van der Waals surface area (Å²) >= 11 is 0. The van der Waals surface area contributed by atoms with Crippen LogP contribution in [0.15, 0.2) is 42.5 Å². The molecule has 0 amide bonds. The Morgan fingerprint density at radius 2 is 1.59 bits per heavy atom. The highest BCUT2D eigenvalue weighted by molar-refractivity contribution is 5.46. The van der Waals surface area contributed by atoms with E-state index in [1.165, 1.54) is 44.6 Å². The number of methoxy groups -OCH3 is 1. The van der Waals surface area contributed by atoms with Gasteiger partial charge in [-0.05, 0) is 80.8 Å². The minimum Gasteiger partial charge on any atom is -1.00 e. The average Bonchev–Trinajstić information content (AvgIpc) is 2.76. The van der Waals surface area contributed by atoms with E-state index in [0.29, 0.717) is 28.5 Å². The predicted octanol–water partition coefficient (Wildman–Crippen LogP) is 3.11. The summed E-state index contributed by atoms with van der Waals surface area (Å²) in [6.07, 6.45) is 8.58. The first-order valence-electron chi connectivity index (χ1n) is 11.8. The van der Waals surface area contributed by atoms with Crippen molar-refractivity contribution in [2.75, 3.05) is 7.11 Å². The Morgan fingerprint density at radius 3 is 2.22 bits per heavy atom. The van der Waals surface area contributed by atoms with Crippen LogP contribution in [0, 0.1) is 29.0 Å². The van der Waals surface area contributed by atoms with Crippen molar-refractivity contribution < 1.29 is 26.3 Å². The van der Waals surface area contributed by atoms with E-state index in [2.05, 4.69) is 18.3 Å². The Morgan fingerprint density at radius 1 is 0.969 bits per heavy atom. The van der Waals surface area contributed by atoms with Crippen LogP contribution in [0.1, 0.15) is 56.6 Å². The zero-order valence-electron chi connectivity index (χ0n) is 19.1.